The molecule has 10 atom stereocenters. The Morgan fingerprint density at radius 3 is 2.21 bits per heavy atom. The smallest absolute Gasteiger partial charge is 0.547 e. The molecule has 2 saturated heterocycles. The van der Waals surface area contributed by atoms with E-state index < -0.39 is 73.2 Å². The fourth-order valence-electron chi connectivity index (χ4n) is 4.66. The number of aliphatic carboxylic acids is 1. The van der Waals surface area contributed by atoms with Gasteiger partial charge in [0.15, 0.2) is 0 Å². The van der Waals surface area contributed by atoms with Crippen LogP contribution in [0, 0.1) is 11.8 Å². The van der Waals surface area contributed by atoms with Crippen molar-refractivity contribution < 1.29 is 83.6 Å². The maximum absolute atomic E-state index is 11.7. The Bertz CT molecular complexity index is 642. The van der Waals surface area contributed by atoms with Crippen molar-refractivity contribution in [1.29, 1.82) is 0 Å². The molecule has 0 radical (unpaired) electrons. The standard InChI is InChI=1S/C21H37NO11.Na/c1-4-11-18(26)19(27)15(33-20(11)21(28)29)9-31-6-5-12-16(22-10(2)24)14(8-30-3)32-13(7-23)17(12)25;/h11-20,23,25-27H,4-9H2,1-3H3,(H,22,24)(H,28,29);/q;+1/p-1. The van der Waals surface area contributed by atoms with Gasteiger partial charge in [0.1, 0.15) is 30.5 Å². The first-order valence-electron chi connectivity index (χ1n) is 11.2. The molecule has 2 heterocycles. The van der Waals surface area contributed by atoms with Crippen LogP contribution in [0.4, 0.5) is 0 Å². The van der Waals surface area contributed by atoms with Crippen LogP contribution in [0.15, 0.2) is 0 Å². The van der Waals surface area contributed by atoms with Crippen LogP contribution in [-0.2, 0) is 28.5 Å². The summed E-state index contributed by atoms with van der Waals surface area (Å²) in [6.45, 7) is 2.59. The number of methoxy groups -OCH3 is 1. The number of ether oxygens (including phenoxy) is 4. The number of amides is 1. The topological polar surface area (TPSA) is 187 Å². The first-order valence-corrected chi connectivity index (χ1v) is 11.2. The zero-order chi connectivity index (χ0) is 24.7. The van der Waals surface area contributed by atoms with Gasteiger partial charge in [-0.1, -0.05) is 6.92 Å². The Labute approximate surface area is 221 Å². The maximum Gasteiger partial charge on any atom is 1.00 e. The fraction of sp³-hybridized carbons (Fsp3) is 0.905. The van der Waals surface area contributed by atoms with Crippen LogP contribution in [0.25, 0.3) is 0 Å². The van der Waals surface area contributed by atoms with E-state index in [0.29, 0.717) is 0 Å². The largest absolute Gasteiger partial charge is 1.00 e. The molecule has 10 unspecified atom stereocenters. The van der Waals surface area contributed by atoms with Gasteiger partial charge in [0.25, 0.3) is 0 Å². The molecular formula is C21H36NNaO11. The number of aliphatic hydroxyl groups is 4. The third-order valence-corrected chi connectivity index (χ3v) is 6.37. The minimum atomic E-state index is -1.47. The van der Waals surface area contributed by atoms with Crippen LogP contribution in [0.2, 0.25) is 0 Å². The Morgan fingerprint density at radius 2 is 1.68 bits per heavy atom. The van der Waals surface area contributed by atoms with E-state index in [0.717, 1.165) is 0 Å². The number of nitrogens with one attached hydrogen (secondary N) is 1. The van der Waals surface area contributed by atoms with Crippen LogP contribution >= 0.6 is 0 Å². The third kappa shape index (κ3) is 7.81. The molecule has 1 amide bonds. The summed E-state index contributed by atoms with van der Waals surface area (Å²) in [6, 6.07) is -0.602. The van der Waals surface area contributed by atoms with Gasteiger partial charge >= 0.3 is 29.6 Å². The molecule has 2 aliphatic heterocycles. The number of carbonyl (C=O) groups excluding carboxylic acids is 2. The minimum absolute atomic E-state index is 0. The quantitative estimate of drug-likeness (QED) is 0.134. The van der Waals surface area contributed by atoms with Crippen molar-refractivity contribution >= 4 is 11.9 Å². The van der Waals surface area contributed by atoms with E-state index in [4.69, 9.17) is 18.9 Å². The van der Waals surface area contributed by atoms with Crippen LogP contribution < -0.4 is 40.0 Å². The molecule has 0 spiro atoms. The summed E-state index contributed by atoms with van der Waals surface area (Å²) in [5.41, 5.74) is 0. The van der Waals surface area contributed by atoms with Gasteiger partial charge in [0, 0.05) is 32.5 Å². The number of carboxylic acid groups (broad SMARTS) is 1. The molecule has 0 aromatic rings. The van der Waals surface area contributed by atoms with E-state index >= 15 is 0 Å². The van der Waals surface area contributed by atoms with Gasteiger partial charge < -0.3 is 54.6 Å². The molecular weight excluding hydrogens is 465 g/mol. The maximum atomic E-state index is 11.7. The number of aliphatic hydroxyl groups excluding tert-OH is 4. The van der Waals surface area contributed by atoms with Crippen molar-refractivity contribution in [2.45, 2.75) is 75.5 Å². The summed E-state index contributed by atoms with van der Waals surface area (Å²) in [7, 11) is 1.47. The van der Waals surface area contributed by atoms with E-state index in [-0.39, 0.29) is 68.1 Å². The average molecular weight is 502 g/mol. The second-order valence-corrected chi connectivity index (χ2v) is 8.56. The first kappa shape index (κ1) is 31.6. The molecule has 0 bridgehead atoms. The first-order chi connectivity index (χ1) is 15.7. The molecule has 0 saturated carbocycles. The van der Waals surface area contributed by atoms with Gasteiger partial charge in [0.2, 0.25) is 5.91 Å². The van der Waals surface area contributed by atoms with Gasteiger partial charge in [-0.25, -0.2) is 0 Å². The van der Waals surface area contributed by atoms with Gasteiger partial charge in [0.05, 0.1) is 44.0 Å². The van der Waals surface area contributed by atoms with Gasteiger partial charge in [-0.05, 0) is 12.8 Å². The van der Waals surface area contributed by atoms with Crippen molar-refractivity contribution in [3.05, 3.63) is 0 Å². The summed E-state index contributed by atoms with van der Waals surface area (Å²) in [6.07, 6.45) is -7.12. The third-order valence-electron chi connectivity index (χ3n) is 6.37. The SMILES string of the molecule is CCC1C(C(=O)[O-])OC(COCCC2C(O)C(CO)OC(COC)C2NC(C)=O)C(O)C1O.[Na+]. The molecule has 2 aliphatic rings. The van der Waals surface area contributed by atoms with Crippen molar-refractivity contribution in [3.63, 3.8) is 0 Å². The summed E-state index contributed by atoms with van der Waals surface area (Å²) in [5, 5.41) is 55.0. The number of carbonyl (C=O) groups is 2. The van der Waals surface area contributed by atoms with Crippen LogP contribution in [0.5, 0.6) is 0 Å². The average Bonchev–Trinajstić information content (AvgIpc) is 2.76. The Kier molecular flexibility index (Phi) is 14.0. The number of hydrogen-bond acceptors (Lipinski definition) is 11. The van der Waals surface area contributed by atoms with E-state index in [2.05, 4.69) is 5.32 Å². The van der Waals surface area contributed by atoms with E-state index in [1.54, 1.807) is 6.92 Å². The molecule has 0 aromatic heterocycles. The zero-order valence-corrected chi connectivity index (χ0v) is 22.2. The molecule has 2 rings (SSSR count). The number of carboxylic acids is 1. The monoisotopic (exact) mass is 501 g/mol. The normalized spacial score (nSPS) is 38.1. The zero-order valence-electron chi connectivity index (χ0n) is 20.2. The van der Waals surface area contributed by atoms with Gasteiger partial charge in [-0.15, -0.1) is 0 Å². The Morgan fingerprint density at radius 1 is 1.00 bits per heavy atom. The molecule has 34 heavy (non-hydrogen) atoms. The van der Waals surface area contributed by atoms with Crippen LogP contribution in [-0.4, -0.2) is 115 Å². The Balaban J connectivity index is 0.00000578. The fourth-order valence-corrected chi connectivity index (χ4v) is 4.66. The molecule has 192 valence electrons. The molecule has 12 nitrogen and oxygen atoms in total. The van der Waals surface area contributed by atoms with Crippen molar-refractivity contribution in [2.24, 2.45) is 11.8 Å². The molecule has 0 aromatic carbocycles. The summed E-state index contributed by atoms with van der Waals surface area (Å²) in [5.74, 6) is -3.13. The predicted octanol–water partition coefficient (Wildman–Crippen LogP) is -6.45. The second kappa shape index (κ2) is 15.0. The summed E-state index contributed by atoms with van der Waals surface area (Å²) in [4.78, 5) is 23.1. The summed E-state index contributed by atoms with van der Waals surface area (Å²) >= 11 is 0. The van der Waals surface area contributed by atoms with E-state index in [1.807, 2.05) is 0 Å². The van der Waals surface area contributed by atoms with Gasteiger partial charge in [-0.2, -0.15) is 0 Å². The predicted molar refractivity (Wildman–Crippen MR) is 110 cm³/mol. The molecule has 5 N–H and O–H groups in total. The van der Waals surface area contributed by atoms with Crippen LogP contribution in [0.1, 0.15) is 26.7 Å². The van der Waals surface area contributed by atoms with Crippen molar-refractivity contribution in [2.75, 3.05) is 33.5 Å². The number of hydrogen-bond donors (Lipinski definition) is 5. The number of rotatable bonds is 11. The van der Waals surface area contributed by atoms with Crippen molar-refractivity contribution in [1.82, 2.24) is 5.32 Å². The van der Waals surface area contributed by atoms with E-state index in [1.165, 1.54) is 14.0 Å². The van der Waals surface area contributed by atoms with Gasteiger partial charge in [-0.3, -0.25) is 4.79 Å². The molecule has 0 aliphatic carbocycles. The Hall–Kier alpha value is -0.380. The second-order valence-electron chi connectivity index (χ2n) is 8.56. The van der Waals surface area contributed by atoms with Crippen LogP contribution in [0.3, 0.4) is 0 Å². The van der Waals surface area contributed by atoms with E-state index in [9.17, 15) is 35.1 Å². The summed E-state index contributed by atoms with van der Waals surface area (Å²) < 4.78 is 21.9. The molecule has 2 fully saturated rings. The molecule has 13 heteroatoms. The minimum Gasteiger partial charge on any atom is -0.547 e. The van der Waals surface area contributed by atoms with Crippen molar-refractivity contribution in [3.8, 4) is 0 Å².